The number of thiocarbonyl (C=S) groups is 1. The van der Waals surface area contributed by atoms with Gasteiger partial charge in [-0.15, -0.1) is 0 Å². The molecular formula is C20H21BrN4O2S. The summed E-state index contributed by atoms with van der Waals surface area (Å²) in [4.78, 5) is 28.0. The largest absolute Gasteiger partial charge is 0.366 e. The van der Waals surface area contributed by atoms with E-state index in [9.17, 15) is 9.59 Å². The highest BCUT2D eigenvalue weighted by Gasteiger charge is 2.21. The van der Waals surface area contributed by atoms with Gasteiger partial charge in [-0.3, -0.25) is 14.9 Å². The summed E-state index contributed by atoms with van der Waals surface area (Å²) >= 11 is 8.69. The van der Waals surface area contributed by atoms with Gasteiger partial charge in [0, 0.05) is 43.1 Å². The Bertz CT molecular complexity index is 897. The average Bonchev–Trinajstić information content (AvgIpc) is 2.68. The van der Waals surface area contributed by atoms with E-state index in [0.29, 0.717) is 18.7 Å². The van der Waals surface area contributed by atoms with Gasteiger partial charge >= 0.3 is 0 Å². The zero-order chi connectivity index (χ0) is 20.1. The fourth-order valence-electron chi connectivity index (χ4n) is 3.08. The monoisotopic (exact) mass is 460 g/mol. The predicted octanol–water partition coefficient (Wildman–Crippen LogP) is 3.24. The molecule has 6 nitrogen and oxygen atoms in total. The Labute approximate surface area is 178 Å². The van der Waals surface area contributed by atoms with Gasteiger partial charge in [0.15, 0.2) is 5.11 Å². The molecule has 0 bridgehead atoms. The van der Waals surface area contributed by atoms with Crippen molar-refractivity contribution in [2.75, 3.05) is 36.4 Å². The van der Waals surface area contributed by atoms with Crippen LogP contribution in [0.5, 0.6) is 0 Å². The second-order valence-electron chi connectivity index (χ2n) is 6.43. The lowest BCUT2D eigenvalue weighted by Crippen LogP contribution is -2.48. The van der Waals surface area contributed by atoms with Gasteiger partial charge in [-0.05, 0) is 42.5 Å². The lowest BCUT2D eigenvalue weighted by Gasteiger charge is -2.36. The van der Waals surface area contributed by atoms with Crippen molar-refractivity contribution < 1.29 is 9.59 Å². The molecule has 28 heavy (non-hydrogen) atoms. The van der Waals surface area contributed by atoms with Crippen LogP contribution in [0.25, 0.3) is 0 Å². The molecule has 0 unspecified atom stereocenters. The van der Waals surface area contributed by atoms with Gasteiger partial charge < -0.3 is 15.1 Å². The lowest BCUT2D eigenvalue weighted by molar-refractivity contribution is -0.129. The molecule has 0 aliphatic carbocycles. The van der Waals surface area contributed by atoms with Gasteiger partial charge in [-0.1, -0.05) is 34.1 Å². The number of carbonyl (C=O) groups excluding carboxylic acids is 2. The van der Waals surface area contributed by atoms with Crippen molar-refractivity contribution >= 4 is 56.4 Å². The van der Waals surface area contributed by atoms with E-state index in [4.69, 9.17) is 12.2 Å². The minimum Gasteiger partial charge on any atom is -0.366 e. The fraction of sp³-hybridized carbons (Fsp3) is 0.250. The number of hydrogen-bond donors (Lipinski definition) is 2. The number of rotatable bonds is 3. The second kappa shape index (κ2) is 9.16. The van der Waals surface area contributed by atoms with Gasteiger partial charge in [-0.25, -0.2) is 0 Å². The molecule has 2 aromatic carbocycles. The number of nitrogens with one attached hydrogen (secondary N) is 2. The first-order chi connectivity index (χ1) is 13.4. The number of anilines is 2. The number of piperazine rings is 1. The third-order valence-electron chi connectivity index (χ3n) is 4.53. The summed E-state index contributed by atoms with van der Waals surface area (Å²) in [5.74, 6) is -0.172. The molecule has 1 aliphatic heterocycles. The normalized spacial score (nSPS) is 13.8. The number of nitrogens with zero attached hydrogens (tertiary/aromatic N) is 2. The number of halogens is 1. The summed E-state index contributed by atoms with van der Waals surface area (Å²) in [5, 5.41) is 6.07. The van der Waals surface area contributed by atoms with Gasteiger partial charge in [0.2, 0.25) is 5.91 Å². The molecule has 146 valence electrons. The molecule has 2 amide bonds. The van der Waals surface area contributed by atoms with E-state index < -0.39 is 0 Å². The molecule has 0 saturated carbocycles. The molecule has 1 fully saturated rings. The zero-order valence-corrected chi connectivity index (χ0v) is 17.8. The first-order valence-corrected chi connectivity index (χ1v) is 10.1. The molecule has 0 atom stereocenters. The van der Waals surface area contributed by atoms with Crippen LogP contribution in [0.15, 0.2) is 53.0 Å². The highest BCUT2D eigenvalue weighted by atomic mass is 79.9. The van der Waals surface area contributed by atoms with Gasteiger partial charge in [0.25, 0.3) is 5.91 Å². The van der Waals surface area contributed by atoms with Crippen LogP contribution in [-0.2, 0) is 4.79 Å². The molecule has 2 N–H and O–H groups in total. The van der Waals surface area contributed by atoms with Crippen molar-refractivity contribution in [2.45, 2.75) is 6.92 Å². The van der Waals surface area contributed by atoms with E-state index in [0.717, 1.165) is 28.9 Å². The zero-order valence-electron chi connectivity index (χ0n) is 15.4. The molecule has 8 heteroatoms. The number of amides is 2. The maximum Gasteiger partial charge on any atom is 0.257 e. The molecular weight excluding hydrogens is 440 g/mol. The molecule has 1 heterocycles. The fourth-order valence-corrected chi connectivity index (χ4v) is 3.68. The van der Waals surface area contributed by atoms with Crippen LogP contribution < -0.4 is 15.5 Å². The SMILES string of the molecule is CC(=O)N1CCN(c2ccccc2NC(=S)NC(=O)c2cccc(Br)c2)CC1. The lowest BCUT2D eigenvalue weighted by atomic mass is 10.2. The summed E-state index contributed by atoms with van der Waals surface area (Å²) in [6.45, 7) is 4.46. The Hall–Kier alpha value is -2.45. The summed E-state index contributed by atoms with van der Waals surface area (Å²) in [6.07, 6.45) is 0. The topological polar surface area (TPSA) is 64.7 Å². The van der Waals surface area contributed by atoms with Crippen molar-refractivity contribution in [1.29, 1.82) is 0 Å². The highest BCUT2D eigenvalue weighted by Crippen LogP contribution is 2.26. The average molecular weight is 461 g/mol. The van der Waals surface area contributed by atoms with Crippen molar-refractivity contribution in [3.63, 3.8) is 0 Å². The van der Waals surface area contributed by atoms with Crippen LogP contribution in [-0.4, -0.2) is 48.0 Å². The summed E-state index contributed by atoms with van der Waals surface area (Å²) in [7, 11) is 0. The van der Waals surface area contributed by atoms with E-state index in [2.05, 4.69) is 31.5 Å². The third-order valence-corrected chi connectivity index (χ3v) is 5.23. The maximum atomic E-state index is 12.4. The van der Waals surface area contributed by atoms with Gasteiger partial charge in [0.05, 0.1) is 11.4 Å². The molecule has 0 radical (unpaired) electrons. The van der Waals surface area contributed by atoms with Crippen molar-refractivity contribution in [2.24, 2.45) is 0 Å². The predicted molar refractivity (Wildman–Crippen MR) is 119 cm³/mol. The Kier molecular flexibility index (Phi) is 6.64. The summed E-state index contributed by atoms with van der Waals surface area (Å²) < 4.78 is 0.828. The molecule has 0 aromatic heterocycles. The molecule has 3 rings (SSSR count). The summed E-state index contributed by atoms with van der Waals surface area (Å²) in [6, 6.07) is 14.9. The number of carbonyl (C=O) groups is 2. The number of hydrogen-bond acceptors (Lipinski definition) is 4. The minimum atomic E-state index is -0.272. The van der Waals surface area contributed by atoms with Gasteiger partial charge in [0.1, 0.15) is 0 Å². The first-order valence-electron chi connectivity index (χ1n) is 8.91. The van der Waals surface area contributed by atoms with E-state index >= 15 is 0 Å². The van der Waals surface area contributed by atoms with E-state index in [1.807, 2.05) is 35.2 Å². The van der Waals surface area contributed by atoms with E-state index in [1.165, 1.54) is 0 Å². The molecule has 0 spiro atoms. The highest BCUT2D eigenvalue weighted by molar-refractivity contribution is 9.10. The van der Waals surface area contributed by atoms with Gasteiger partial charge in [-0.2, -0.15) is 0 Å². The Morgan fingerprint density at radius 2 is 1.75 bits per heavy atom. The standard InChI is InChI=1S/C20H21BrN4O2S/c1-14(26)24-9-11-25(12-10-24)18-8-3-2-7-17(18)22-20(28)23-19(27)15-5-4-6-16(21)13-15/h2-8,13H,9-12H2,1H3,(H2,22,23,27,28). The van der Waals surface area contributed by atoms with Crippen LogP contribution in [0.4, 0.5) is 11.4 Å². The van der Waals surface area contributed by atoms with Crippen LogP contribution in [0.2, 0.25) is 0 Å². The Morgan fingerprint density at radius 1 is 1.04 bits per heavy atom. The summed E-state index contributed by atoms with van der Waals surface area (Å²) in [5.41, 5.74) is 2.33. The third kappa shape index (κ3) is 5.08. The molecule has 2 aromatic rings. The smallest absolute Gasteiger partial charge is 0.257 e. The van der Waals surface area contributed by atoms with E-state index in [-0.39, 0.29) is 16.9 Å². The molecule has 1 saturated heterocycles. The van der Waals surface area contributed by atoms with Crippen LogP contribution in [0, 0.1) is 0 Å². The Balaban J connectivity index is 1.65. The van der Waals surface area contributed by atoms with E-state index in [1.54, 1.807) is 25.1 Å². The Morgan fingerprint density at radius 3 is 2.43 bits per heavy atom. The van der Waals surface area contributed by atoms with Crippen molar-refractivity contribution in [3.8, 4) is 0 Å². The number of para-hydroxylation sites is 2. The first kappa shape index (κ1) is 20.3. The van der Waals surface area contributed by atoms with Crippen LogP contribution in [0.1, 0.15) is 17.3 Å². The van der Waals surface area contributed by atoms with Crippen LogP contribution >= 0.6 is 28.1 Å². The quantitative estimate of drug-likeness (QED) is 0.688. The van der Waals surface area contributed by atoms with Crippen LogP contribution in [0.3, 0.4) is 0 Å². The maximum absolute atomic E-state index is 12.4. The minimum absolute atomic E-state index is 0.0995. The molecule has 1 aliphatic rings. The van der Waals surface area contributed by atoms with Crippen molar-refractivity contribution in [3.05, 3.63) is 58.6 Å². The number of benzene rings is 2. The second-order valence-corrected chi connectivity index (χ2v) is 7.75. The van der Waals surface area contributed by atoms with Crippen molar-refractivity contribution in [1.82, 2.24) is 10.2 Å².